The van der Waals surface area contributed by atoms with Crippen molar-refractivity contribution in [3.63, 3.8) is 0 Å². The summed E-state index contributed by atoms with van der Waals surface area (Å²) in [6.07, 6.45) is 2.20. The van der Waals surface area contributed by atoms with Crippen LogP contribution in [0.25, 0.3) is 0 Å². The van der Waals surface area contributed by atoms with Crippen molar-refractivity contribution >= 4 is 9.76 Å². The Hall–Kier alpha value is -1.62. The summed E-state index contributed by atoms with van der Waals surface area (Å²) in [5.41, 5.74) is 2.53. The van der Waals surface area contributed by atoms with Crippen LogP contribution in [0.2, 0.25) is 5.04 Å². The van der Waals surface area contributed by atoms with Crippen LogP contribution in [0.15, 0.2) is 54.6 Å². The van der Waals surface area contributed by atoms with Crippen molar-refractivity contribution in [1.82, 2.24) is 4.90 Å². The maximum atomic E-state index is 6.67. The van der Waals surface area contributed by atoms with E-state index in [9.17, 15) is 0 Å². The molecule has 1 aliphatic heterocycles. The molecule has 30 heavy (non-hydrogen) atoms. The Labute approximate surface area is 185 Å². The van der Waals surface area contributed by atoms with Crippen molar-refractivity contribution in [2.24, 2.45) is 0 Å². The summed E-state index contributed by atoms with van der Waals surface area (Å²) in [5, 5.41) is 0.183. The minimum Gasteiger partial charge on any atom is -0.497 e. The molecular weight excluding hydrogens is 386 g/mol. The zero-order valence-corrected chi connectivity index (χ0v) is 20.5. The summed E-state index contributed by atoms with van der Waals surface area (Å²) in [7, 11) is 2.22. The van der Waals surface area contributed by atoms with Crippen molar-refractivity contribution in [1.29, 1.82) is 0 Å². The average molecular weight is 424 g/mol. The molecule has 0 amide bonds. The molecule has 0 saturated carbocycles. The maximum absolute atomic E-state index is 6.67. The van der Waals surface area contributed by atoms with Crippen molar-refractivity contribution in [3.8, 4) is 5.75 Å². The lowest BCUT2D eigenvalue weighted by Crippen LogP contribution is -2.56. The highest BCUT2D eigenvalue weighted by atomic mass is 28.2. The molecule has 0 aromatic heterocycles. The third kappa shape index (κ3) is 5.34. The summed E-state index contributed by atoms with van der Waals surface area (Å²) < 4.78 is 12.1. The van der Waals surface area contributed by atoms with Gasteiger partial charge in [0.2, 0.25) is 9.76 Å². The van der Waals surface area contributed by atoms with Gasteiger partial charge < -0.3 is 9.16 Å². The number of hydrogen-bond donors (Lipinski definition) is 0. The summed E-state index contributed by atoms with van der Waals surface area (Å²) in [6, 6.07) is 19.5. The Morgan fingerprint density at radius 3 is 2.20 bits per heavy atom. The number of methoxy groups -OCH3 is 1. The van der Waals surface area contributed by atoms with Gasteiger partial charge in [0.05, 0.1) is 12.7 Å². The Kier molecular flexibility index (Phi) is 7.11. The highest BCUT2D eigenvalue weighted by molar-refractivity contribution is 6.31. The van der Waals surface area contributed by atoms with Crippen LogP contribution in [0.4, 0.5) is 0 Å². The molecule has 1 saturated heterocycles. The first-order chi connectivity index (χ1) is 14.2. The van der Waals surface area contributed by atoms with Crippen LogP contribution >= 0.6 is 0 Å². The van der Waals surface area contributed by atoms with E-state index in [1.165, 1.54) is 11.1 Å². The van der Waals surface area contributed by atoms with Gasteiger partial charge in [-0.25, -0.2) is 0 Å². The van der Waals surface area contributed by atoms with E-state index in [2.05, 4.69) is 88.0 Å². The number of piperidine rings is 1. The normalized spacial score (nSPS) is 17.7. The molecule has 2 aromatic rings. The molecule has 1 aliphatic rings. The Bertz CT molecular complexity index is 805. The fourth-order valence-electron chi connectivity index (χ4n) is 4.50. The van der Waals surface area contributed by atoms with E-state index < -0.39 is 0 Å². The fourth-order valence-corrected chi connectivity index (χ4v) is 5.25. The summed E-state index contributed by atoms with van der Waals surface area (Å²) in [4.78, 5) is 2.57. The number of likely N-dealkylation sites (tertiary alicyclic amines) is 1. The topological polar surface area (TPSA) is 21.7 Å². The Balaban J connectivity index is 1.78. The lowest BCUT2D eigenvalue weighted by Gasteiger charge is -2.52. The second-order valence-corrected chi connectivity index (χ2v) is 11.9. The van der Waals surface area contributed by atoms with E-state index in [0.717, 1.165) is 38.2 Å². The van der Waals surface area contributed by atoms with Gasteiger partial charge in [-0.1, -0.05) is 63.2 Å². The quantitative estimate of drug-likeness (QED) is 0.521. The van der Waals surface area contributed by atoms with E-state index in [-0.39, 0.29) is 16.1 Å². The monoisotopic (exact) mass is 423 g/mol. The predicted octanol–water partition coefficient (Wildman–Crippen LogP) is 5.86. The highest BCUT2D eigenvalue weighted by Gasteiger charge is 2.49. The molecule has 0 bridgehead atoms. The number of ether oxygens (including phenoxy) is 1. The fraction of sp³-hybridized carbons (Fsp3) is 0.538. The zero-order valence-electron chi connectivity index (χ0n) is 19.5. The maximum Gasteiger partial charge on any atom is 0.236 e. The summed E-state index contributed by atoms with van der Waals surface area (Å²) in [6.45, 7) is 14.5. The predicted molar refractivity (Wildman–Crippen MR) is 126 cm³/mol. The minimum atomic E-state index is -0.220. The van der Waals surface area contributed by atoms with Crippen LogP contribution < -0.4 is 4.74 Å². The molecule has 162 valence electrons. The largest absolute Gasteiger partial charge is 0.497 e. The number of hydrogen-bond acceptors (Lipinski definition) is 3. The lowest BCUT2D eigenvalue weighted by molar-refractivity contribution is -0.0209. The molecule has 0 spiro atoms. The van der Waals surface area contributed by atoms with Gasteiger partial charge in [0.1, 0.15) is 5.75 Å². The number of nitrogens with zero attached hydrogens (tertiary/aromatic N) is 1. The molecular formula is C26H37NO2Si. The molecule has 4 heteroatoms. The van der Waals surface area contributed by atoms with Gasteiger partial charge in [-0.2, -0.15) is 0 Å². The molecule has 1 heterocycles. The SMILES string of the molecule is COc1cccc(CN2CCC(c3ccccc3)(C(C)(C)O[Si]C(C)(C)C)CC2)c1. The van der Waals surface area contributed by atoms with E-state index in [4.69, 9.17) is 9.16 Å². The van der Waals surface area contributed by atoms with Crippen LogP contribution in [0.3, 0.4) is 0 Å². The van der Waals surface area contributed by atoms with Gasteiger partial charge in [0, 0.05) is 12.0 Å². The van der Waals surface area contributed by atoms with Crippen LogP contribution in [-0.4, -0.2) is 40.5 Å². The summed E-state index contributed by atoms with van der Waals surface area (Å²) >= 11 is 0. The molecule has 1 fully saturated rings. The molecule has 0 unspecified atom stereocenters. The standard InChI is InChI=1S/C26H37NO2Si/c1-24(2,3)30-29-25(4,5)26(22-12-8-7-9-13-22)15-17-27(18-16-26)20-21-11-10-14-23(19-21)28-6/h7-14,19H,15-18,20H2,1-6H3. The molecule has 0 aliphatic carbocycles. The second kappa shape index (κ2) is 9.25. The average Bonchev–Trinajstić information content (AvgIpc) is 2.73. The third-order valence-corrected chi connectivity index (χ3v) is 7.57. The van der Waals surface area contributed by atoms with Crippen molar-refractivity contribution in [2.45, 2.75) is 70.1 Å². The second-order valence-electron chi connectivity index (χ2n) is 10.0. The van der Waals surface area contributed by atoms with Crippen molar-refractivity contribution in [2.75, 3.05) is 20.2 Å². The summed E-state index contributed by atoms with van der Waals surface area (Å²) in [5.74, 6) is 0.931. The number of rotatable bonds is 7. The molecule has 2 aromatic carbocycles. The van der Waals surface area contributed by atoms with Crippen LogP contribution in [0.1, 0.15) is 58.6 Å². The first-order valence-electron chi connectivity index (χ1n) is 11.0. The van der Waals surface area contributed by atoms with E-state index in [1.54, 1.807) is 7.11 Å². The van der Waals surface area contributed by atoms with Crippen molar-refractivity contribution in [3.05, 3.63) is 65.7 Å². The highest BCUT2D eigenvalue weighted by Crippen LogP contribution is 2.47. The third-order valence-electron chi connectivity index (χ3n) is 6.34. The van der Waals surface area contributed by atoms with Gasteiger partial charge in [0.15, 0.2) is 0 Å². The van der Waals surface area contributed by atoms with E-state index >= 15 is 0 Å². The van der Waals surface area contributed by atoms with Crippen LogP contribution in [0.5, 0.6) is 5.75 Å². The van der Waals surface area contributed by atoms with Gasteiger partial charge in [0.25, 0.3) is 0 Å². The van der Waals surface area contributed by atoms with Gasteiger partial charge in [-0.3, -0.25) is 4.90 Å². The van der Waals surface area contributed by atoms with Crippen molar-refractivity contribution < 1.29 is 9.16 Å². The minimum absolute atomic E-state index is 0.0252. The Morgan fingerprint density at radius 2 is 1.60 bits per heavy atom. The van der Waals surface area contributed by atoms with Gasteiger partial charge in [-0.15, -0.1) is 0 Å². The van der Waals surface area contributed by atoms with E-state index in [0.29, 0.717) is 9.76 Å². The first-order valence-corrected chi connectivity index (χ1v) is 11.9. The molecule has 3 nitrogen and oxygen atoms in total. The smallest absolute Gasteiger partial charge is 0.236 e. The Morgan fingerprint density at radius 1 is 0.933 bits per heavy atom. The van der Waals surface area contributed by atoms with Crippen LogP contribution in [-0.2, 0) is 16.4 Å². The molecule has 0 atom stereocenters. The zero-order chi connectivity index (χ0) is 21.8. The van der Waals surface area contributed by atoms with Crippen LogP contribution in [0, 0.1) is 0 Å². The molecule has 3 rings (SSSR count). The van der Waals surface area contributed by atoms with Gasteiger partial charge in [-0.05, 0) is 68.1 Å². The molecule has 2 radical (unpaired) electrons. The molecule has 0 N–H and O–H groups in total. The van der Waals surface area contributed by atoms with E-state index in [1.807, 2.05) is 6.07 Å². The van der Waals surface area contributed by atoms with Gasteiger partial charge >= 0.3 is 0 Å². The number of benzene rings is 2. The lowest BCUT2D eigenvalue weighted by atomic mass is 9.63. The first kappa shape index (κ1) is 23.0.